The molecule has 0 saturated carbocycles. The first kappa shape index (κ1) is 12.6. The molecule has 0 aliphatic carbocycles. The first-order chi connectivity index (χ1) is 8.08. The van der Waals surface area contributed by atoms with Crippen LogP contribution in [-0.4, -0.2) is 40.1 Å². The Kier molecular flexibility index (Phi) is 3.86. The van der Waals surface area contributed by atoms with Gasteiger partial charge >= 0.3 is 0 Å². The van der Waals surface area contributed by atoms with Gasteiger partial charge in [-0.1, -0.05) is 23.2 Å². The highest BCUT2D eigenvalue weighted by molar-refractivity contribution is 6.41. The van der Waals surface area contributed by atoms with Crippen LogP contribution in [0.15, 0.2) is 12.3 Å². The molecule has 0 bridgehead atoms. The standard InChI is InChI=1S/C11H12Cl2N2O2/c12-9-5-7(6-14-10(9)13)11(17)15-3-1-8(16)2-4-15/h5-6,8,16H,1-4H2. The summed E-state index contributed by atoms with van der Waals surface area (Å²) in [4.78, 5) is 17.6. The minimum Gasteiger partial charge on any atom is -0.393 e. The fourth-order valence-corrected chi connectivity index (χ4v) is 2.06. The maximum Gasteiger partial charge on any atom is 0.255 e. The van der Waals surface area contributed by atoms with Crippen molar-refractivity contribution in [2.45, 2.75) is 18.9 Å². The van der Waals surface area contributed by atoms with Gasteiger partial charge in [-0.2, -0.15) is 0 Å². The number of aliphatic hydroxyl groups excluding tert-OH is 1. The molecule has 1 fully saturated rings. The first-order valence-corrected chi connectivity index (χ1v) is 6.12. The van der Waals surface area contributed by atoms with Crippen LogP contribution in [0.3, 0.4) is 0 Å². The van der Waals surface area contributed by atoms with E-state index in [0.29, 0.717) is 31.5 Å². The maximum atomic E-state index is 12.1. The van der Waals surface area contributed by atoms with Gasteiger partial charge in [0.25, 0.3) is 5.91 Å². The number of rotatable bonds is 1. The molecule has 0 aromatic carbocycles. The lowest BCUT2D eigenvalue weighted by molar-refractivity contribution is 0.0546. The van der Waals surface area contributed by atoms with Crippen LogP contribution in [0.1, 0.15) is 23.2 Å². The van der Waals surface area contributed by atoms with Gasteiger partial charge in [0, 0.05) is 19.3 Å². The lowest BCUT2D eigenvalue weighted by atomic mass is 10.1. The lowest BCUT2D eigenvalue weighted by Crippen LogP contribution is -2.40. The van der Waals surface area contributed by atoms with Gasteiger partial charge in [0.15, 0.2) is 0 Å². The second kappa shape index (κ2) is 5.21. The summed E-state index contributed by atoms with van der Waals surface area (Å²) in [6.07, 6.45) is 2.34. The Bertz CT molecular complexity index is 431. The highest BCUT2D eigenvalue weighted by atomic mass is 35.5. The van der Waals surface area contributed by atoms with Crippen molar-refractivity contribution in [3.05, 3.63) is 28.0 Å². The zero-order chi connectivity index (χ0) is 12.4. The van der Waals surface area contributed by atoms with Gasteiger partial charge in [-0.15, -0.1) is 0 Å². The number of aromatic nitrogens is 1. The van der Waals surface area contributed by atoms with Crippen LogP contribution in [0, 0.1) is 0 Å². The minimum atomic E-state index is -0.300. The van der Waals surface area contributed by atoms with Gasteiger partial charge < -0.3 is 10.0 Å². The molecular formula is C11H12Cl2N2O2. The average Bonchev–Trinajstić information content (AvgIpc) is 2.33. The van der Waals surface area contributed by atoms with Gasteiger partial charge in [-0.05, 0) is 18.9 Å². The van der Waals surface area contributed by atoms with Gasteiger partial charge in [-0.3, -0.25) is 4.79 Å². The summed E-state index contributed by atoms with van der Waals surface area (Å²) in [5.74, 6) is -0.122. The van der Waals surface area contributed by atoms with Crippen molar-refractivity contribution in [1.82, 2.24) is 9.88 Å². The monoisotopic (exact) mass is 274 g/mol. The normalized spacial score (nSPS) is 17.2. The first-order valence-electron chi connectivity index (χ1n) is 5.36. The van der Waals surface area contributed by atoms with E-state index < -0.39 is 0 Å². The molecule has 0 radical (unpaired) electrons. The summed E-state index contributed by atoms with van der Waals surface area (Å²) in [6.45, 7) is 1.11. The van der Waals surface area contributed by atoms with E-state index in [0.717, 1.165) is 0 Å². The molecule has 17 heavy (non-hydrogen) atoms. The molecule has 2 heterocycles. The van der Waals surface area contributed by atoms with E-state index in [1.807, 2.05) is 0 Å². The lowest BCUT2D eigenvalue weighted by Gasteiger charge is -2.29. The van der Waals surface area contributed by atoms with Gasteiger partial charge in [0.2, 0.25) is 0 Å². The van der Waals surface area contributed by atoms with Crippen LogP contribution in [-0.2, 0) is 0 Å². The van der Waals surface area contributed by atoms with Crippen LogP contribution in [0.2, 0.25) is 10.2 Å². The Morgan fingerprint density at radius 2 is 2.06 bits per heavy atom. The van der Waals surface area contributed by atoms with E-state index in [1.165, 1.54) is 12.3 Å². The van der Waals surface area contributed by atoms with Gasteiger partial charge in [-0.25, -0.2) is 4.98 Å². The van der Waals surface area contributed by atoms with Crippen molar-refractivity contribution in [2.75, 3.05) is 13.1 Å². The second-order valence-corrected chi connectivity index (χ2v) is 4.79. The molecule has 2 rings (SSSR count). The molecule has 1 N–H and O–H groups in total. The molecule has 1 aliphatic rings. The molecule has 92 valence electrons. The van der Waals surface area contributed by atoms with E-state index in [1.54, 1.807) is 4.90 Å². The van der Waals surface area contributed by atoms with E-state index in [2.05, 4.69) is 4.98 Å². The summed E-state index contributed by atoms with van der Waals surface area (Å²) in [7, 11) is 0. The SMILES string of the molecule is O=C(c1cnc(Cl)c(Cl)c1)N1CCC(O)CC1. The number of amides is 1. The highest BCUT2D eigenvalue weighted by Crippen LogP contribution is 2.21. The highest BCUT2D eigenvalue weighted by Gasteiger charge is 2.22. The number of hydrogen-bond donors (Lipinski definition) is 1. The Morgan fingerprint density at radius 3 is 2.65 bits per heavy atom. The minimum absolute atomic E-state index is 0.122. The number of aliphatic hydroxyl groups is 1. The quantitative estimate of drug-likeness (QED) is 0.797. The predicted molar refractivity (Wildman–Crippen MR) is 65.4 cm³/mol. The smallest absolute Gasteiger partial charge is 0.255 e. The van der Waals surface area contributed by atoms with Gasteiger partial charge in [0.05, 0.1) is 16.7 Å². The van der Waals surface area contributed by atoms with Crippen LogP contribution >= 0.6 is 23.2 Å². The molecule has 0 spiro atoms. The number of hydrogen-bond acceptors (Lipinski definition) is 3. The Labute approximate surface area is 109 Å². The zero-order valence-electron chi connectivity index (χ0n) is 9.07. The topological polar surface area (TPSA) is 53.4 Å². The fourth-order valence-electron chi connectivity index (χ4n) is 1.79. The molecular weight excluding hydrogens is 263 g/mol. The maximum absolute atomic E-state index is 12.1. The van der Waals surface area contributed by atoms with Crippen molar-refractivity contribution < 1.29 is 9.90 Å². The largest absolute Gasteiger partial charge is 0.393 e. The fraction of sp³-hybridized carbons (Fsp3) is 0.455. The summed E-state index contributed by atoms with van der Waals surface area (Å²) in [6, 6.07) is 1.52. The summed E-state index contributed by atoms with van der Waals surface area (Å²) < 4.78 is 0. The average molecular weight is 275 g/mol. The summed E-state index contributed by atoms with van der Waals surface area (Å²) in [5.41, 5.74) is 0.427. The van der Waals surface area contributed by atoms with Crippen molar-refractivity contribution in [3.63, 3.8) is 0 Å². The number of likely N-dealkylation sites (tertiary alicyclic amines) is 1. The van der Waals surface area contributed by atoms with Crippen LogP contribution in [0.25, 0.3) is 0 Å². The molecule has 0 atom stereocenters. The van der Waals surface area contributed by atoms with Crippen molar-refractivity contribution >= 4 is 29.1 Å². The Hall–Kier alpha value is -0.840. The van der Waals surface area contributed by atoms with Gasteiger partial charge in [0.1, 0.15) is 5.15 Å². The summed E-state index contributed by atoms with van der Waals surface area (Å²) in [5, 5.41) is 9.84. The number of pyridine rings is 1. The van der Waals surface area contributed by atoms with Crippen LogP contribution < -0.4 is 0 Å². The molecule has 0 unspecified atom stereocenters. The van der Waals surface area contributed by atoms with Crippen molar-refractivity contribution in [1.29, 1.82) is 0 Å². The number of carbonyl (C=O) groups excluding carboxylic acids is 1. The molecule has 1 aromatic rings. The third-order valence-corrected chi connectivity index (χ3v) is 3.48. The van der Waals surface area contributed by atoms with Crippen LogP contribution in [0.4, 0.5) is 0 Å². The molecule has 1 aromatic heterocycles. The van der Waals surface area contributed by atoms with Crippen molar-refractivity contribution in [2.24, 2.45) is 0 Å². The third-order valence-electron chi connectivity index (χ3n) is 2.79. The van der Waals surface area contributed by atoms with Crippen LogP contribution in [0.5, 0.6) is 0 Å². The van der Waals surface area contributed by atoms with E-state index in [4.69, 9.17) is 23.2 Å². The predicted octanol–water partition coefficient (Wildman–Crippen LogP) is 1.99. The molecule has 1 saturated heterocycles. The zero-order valence-corrected chi connectivity index (χ0v) is 10.6. The Morgan fingerprint density at radius 1 is 1.41 bits per heavy atom. The number of nitrogens with zero attached hydrogens (tertiary/aromatic N) is 2. The second-order valence-electron chi connectivity index (χ2n) is 4.02. The van der Waals surface area contributed by atoms with E-state index >= 15 is 0 Å². The molecule has 1 aliphatic heterocycles. The Balaban J connectivity index is 2.11. The number of halogens is 2. The molecule has 4 nitrogen and oxygen atoms in total. The number of carbonyl (C=O) groups is 1. The summed E-state index contributed by atoms with van der Waals surface area (Å²) >= 11 is 11.5. The molecule has 1 amide bonds. The molecule has 6 heteroatoms. The van der Waals surface area contributed by atoms with E-state index in [9.17, 15) is 9.90 Å². The van der Waals surface area contributed by atoms with E-state index in [-0.39, 0.29) is 22.2 Å². The number of piperidine rings is 1. The van der Waals surface area contributed by atoms with Crippen molar-refractivity contribution in [3.8, 4) is 0 Å². The third kappa shape index (κ3) is 2.89.